The molecule has 2 aromatic rings. The van der Waals surface area contributed by atoms with Crippen LogP contribution in [0.1, 0.15) is 31.0 Å². The third-order valence-electron chi connectivity index (χ3n) is 5.44. The van der Waals surface area contributed by atoms with Crippen molar-refractivity contribution in [1.82, 2.24) is 9.88 Å². The minimum absolute atomic E-state index is 0.0112. The predicted molar refractivity (Wildman–Crippen MR) is 106 cm³/mol. The number of hydrogen-bond acceptors (Lipinski definition) is 3. The molecule has 1 aliphatic heterocycles. The second-order valence-corrected chi connectivity index (χ2v) is 8.53. The maximum Gasteiger partial charge on any atom is 0.310 e. The molecule has 0 spiro atoms. The molecule has 2 heterocycles. The minimum Gasteiger partial charge on any atom is -0.481 e. The third-order valence-corrected chi connectivity index (χ3v) is 6.17. The predicted octanol–water partition coefficient (Wildman–Crippen LogP) is 5.07. The van der Waals surface area contributed by atoms with Gasteiger partial charge < -0.3 is 5.11 Å². The zero-order valence-electron chi connectivity index (χ0n) is 15.3. The fourth-order valence-corrected chi connectivity index (χ4v) is 4.37. The summed E-state index contributed by atoms with van der Waals surface area (Å²) in [6, 6.07) is 7.50. The van der Waals surface area contributed by atoms with Crippen LogP contribution in [0, 0.1) is 17.0 Å². The highest BCUT2D eigenvalue weighted by Gasteiger charge is 2.45. The zero-order chi connectivity index (χ0) is 20.5. The summed E-state index contributed by atoms with van der Waals surface area (Å²) in [5.74, 6) is -1.93. The lowest BCUT2D eigenvalue weighted by atomic mass is 9.72. The summed E-state index contributed by atoms with van der Waals surface area (Å²) in [6.07, 6.45) is 0.651. The Morgan fingerprint density at radius 2 is 2.14 bits per heavy atom. The number of likely N-dealkylation sites (tertiary alicyclic amines) is 1. The Hall–Kier alpha value is -1.57. The second-order valence-electron chi connectivity index (χ2n) is 7.31. The number of carbonyl (C=O) groups is 1. The van der Waals surface area contributed by atoms with E-state index in [0.717, 1.165) is 0 Å². The smallest absolute Gasteiger partial charge is 0.310 e. The first-order valence-corrected chi connectivity index (χ1v) is 10.1. The van der Waals surface area contributed by atoms with Gasteiger partial charge in [-0.15, -0.1) is 0 Å². The average molecular weight is 474 g/mol. The Bertz CT molecular complexity index is 899. The van der Waals surface area contributed by atoms with Crippen molar-refractivity contribution in [3.8, 4) is 0 Å². The van der Waals surface area contributed by atoms with E-state index >= 15 is 0 Å². The van der Waals surface area contributed by atoms with Crippen molar-refractivity contribution in [3.05, 3.63) is 62.8 Å². The Labute approximate surface area is 175 Å². The summed E-state index contributed by atoms with van der Waals surface area (Å²) < 4.78 is 28.9. The number of aromatic nitrogens is 1. The van der Waals surface area contributed by atoms with E-state index in [1.165, 1.54) is 18.2 Å². The number of carboxylic acid groups (broad SMARTS) is 1. The van der Waals surface area contributed by atoms with E-state index in [1.54, 1.807) is 12.1 Å². The molecule has 8 heteroatoms. The molecule has 1 aromatic heterocycles. The van der Waals surface area contributed by atoms with Crippen LogP contribution in [-0.2, 0) is 17.8 Å². The number of hydrogen-bond donors (Lipinski definition) is 1. The summed E-state index contributed by atoms with van der Waals surface area (Å²) in [6.45, 7) is 2.70. The Morgan fingerprint density at radius 1 is 1.39 bits per heavy atom. The van der Waals surface area contributed by atoms with Crippen LogP contribution in [-0.4, -0.2) is 33.5 Å². The third kappa shape index (κ3) is 4.36. The SMILES string of the molecule is C[C@@H]1C[C@](Cc2nc(Br)ccc2F)(C(=O)O)CCN1Cc1cccc(Cl)c1F. The van der Waals surface area contributed by atoms with E-state index < -0.39 is 23.0 Å². The lowest BCUT2D eigenvalue weighted by Crippen LogP contribution is -2.50. The fourth-order valence-electron chi connectivity index (χ4n) is 3.83. The molecule has 0 bridgehead atoms. The number of benzene rings is 1. The van der Waals surface area contributed by atoms with Gasteiger partial charge in [0, 0.05) is 24.6 Å². The first kappa shape index (κ1) is 21.1. The maximum atomic E-state index is 14.2. The second kappa shape index (κ2) is 8.43. The number of rotatable bonds is 5. The zero-order valence-corrected chi connectivity index (χ0v) is 17.6. The Kier molecular flexibility index (Phi) is 6.37. The van der Waals surface area contributed by atoms with Gasteiger partial charge in [0.15, 0.2) is 0 Å². The molecule has 0 unspecified atom stereocenters. The van der Waals surface area contributed by atoms with Gasteiger partial charge in [0.05, 0.1) is 16.1 Å². The maximum absolute atomic E-state index is 14.2. The van der Waals surface area contributed by atoms with Crippen LogP contribution in [0.3, 0.4) is 0 Å². The van der Waals surface area contributed by atoms with Crippen LogP contribution < -0.4 is 0 Å². The van der Waals surface area contributed by atoms with Gasteiger partial charge in [0.25, 0.3) is 0 Å². The Balaban J connectivity index is 1.79. The minimum atomic E-state index is -1.11. The lowest BCUT2D eigenvalue weighted by molar-refractivity contribution is -0.153. The van der Waals surface area contributed by atoms with Crippen LogP contribution in [0.2, 0.25) is 5.02 Å². The van der Waals surface area contributed by atoms with Crippen molar-refractivity contribution >= 4 is 33.5 Å². The van der Waals surface area contributed by atoms with Crippen molar-refractivity contribution in [2.75, 3.05) is 6.54 Å². The number of nitrogens with zero attached hydrogens (tertiary/aromatic N) is 2. The lowest BCUT2D eigenvalue weighted by Gasteiger charge is -2.43. The van der Waals surface area contributed by atoms with Gasteiger partial charge in [0.1, 0.15) is 16.2 Å². The number of aliphatic carboxylic acids is 1. The largest absolute Gasteiger partial charge is 0.481 e. The van der Waals surface area contributed by atoms with E-state index in [1.807, 2.05) is 11.8 Å². The van der Waals surface area contributed by atoms with Crippen LogP contribution in [0.5, 0.6) is 0 Å². The summed E-state index contributed by atoms with van der Waals surface area (Å²) >= 11 is 9.06. The van der Waals surface area contributed by atoms with E-state index in [2.05, 4.69) is 20.9 Å². The molecule has 0 saturated carbocycles. The van der Waals surface area contributed by atoms with Gasteiger partial charge in [0.2, 0.25) is 0 Å². The highest BCUT2D eigenvalue weighted by atomic mass is 79.9. The molecule has 1 saturated heterocycles. The van der Waals surface area contributed by atoms with Gasteiger partial charge in [-0.1, -0.05) is 23.7 Å². The molecular weight excluding hydrogens is 454 g/mol. The van der Waals surface area contributed by atoms with Crippen molar-refractivity contribution in [1.29, 1.82) is 0 Å². The molecule has 1 aliphatic rings. The fraction of sp³-hybridized carbons (Fsp3) is 0.400. The van der Waals surface area contributed by atoms with E-state index in [9.17, 15) is 18.7 Å². The monoisotopic (exact) mass is 472 g/mol. The van der Waals surface area contributed by atoms with E-state index in [0.29, 0.717) is 36.1 Å². The van der Waals surface area contributed by atoms with Gasteiger partial charge in [-0.2, -0.15) is 0 Å². The molecule has 150 valence electrons. The molecule has 2 atom stereocenters. The Morgan fingerprint density at radius 3 is 2.82 bits per heavy atom. The van der Waals surface area contributed by atoms with Crippen molar-refractivity contribution in [2.45, 2.75) is 38.8 Å². The van der Waals surface area contributed by atoms with Crippen LogP contribution in [0.4, 0.5) is 8.78 Å². The van der Waals surface area contributed by atoms with Crippen molar-refractivity contribution in [2.24, 2.45) is 5.41 Å². The van der Waals surface area contributed by atoms with Crippen molar-refractivity contribution in [3.63, 3.8) is 0 Å². The van der Waals surface area contributed by atoms with Crippen LogP contribution in [0.15, 0.2) is 34.9 Å². The van der Waals surface area contributed by atoms with Gasteiger partial charge in [-0.3, -0.25) is 9.69 Å². The normalized spacial score (nSPS) is 23.0. The van der Waals surface area contributed by atoms with Gasteiger partial charge in [-0.25, -0.2) is 13.8 Å². The standard InChI is InChI=1S/C20H20BrClF2N2O2/c1-12-9-20(19(27)28,10-16-15(23)5-6-17(21)25-16)7-8-26(12)11-13-3-2-4-14(22)18(13)24/h2-6,12H,7-11H2,1H3,(H,27,28)/t12-,20-/m1/s1. The number of pyridine rings is 1. The van der Waals surface area contributed by atoms with E-state index in [-0.39, 0.29) is 23.2 Å². The quantitative estimate of drug-likeness (QED) is 0.616. The molecule has 1 aromatic carbocycles. The first-order valence-electron chi connectivity index (χ1n) is 8.93. The van der Waals surface area contributed by atoms with Crippen molar-refractivity contribution < 1.29 is 18.7 Å². The van der Waals surface area contributed by atoms with Crippen LogP contribution >= 0.6 is 27.5 Å². The summed E-state index contributed by atoms with van der Waals surface area (Å²) in [4.78, 5) is 18.3. The highest BCUT2D eigenvalue weighted by molar-refractivity contribution is 9.10. The molecule has 3 rings (SSSR count). The summed E-state index contributed by atoms with van der Waals surface area (Å²) in [5, 5.41) is 9.99. The summed E-state index contributed by atoms with van der Waals surface area (Å²) in [5.41, 5.74) is -0.502. The molecule has 0 amide bonds. The highest BCUT2D eigenvalue weighted by Crippen LogP contribution is 2.39. The molecule has 1 fully saturated rings. The molecule has 1 N–H and O–H groups in total. The summed E-state index contributed by atoms with van der Waals surface area (Å²) in [7, 11) is 0. The first-order chi connectivity index (χ1) is 13.2. The molecule has 4 nitrogen and oxygen atoms in total. The van der Waals surface area contributed by atoms with Crippen LogP contribution in [0.25, 0.3) is 0 Å². The van der Waals surface area contributed by atoms with Gasteiger partial charge >= 0.3 is 5.97 Å². The number of piperidine rings is 1. The van der Waals surface area contributed by atoms with E-state index in [4.69, 9.17) is 11.6 Å². The average Bonchev–Trinajstić information content (AvgIpc) is 2.64. The molecule has 0 radical (unpaired) electrons. The molecule has 28 heavy (non-hydrogen) atoms. The molecular formula is C20H20BrClF2N2O2. The topological polar surface area (TPSA) is 53.4 Å². The number of halogens is 4. The molecule has 0 aliphatic carbocycles. The van der Waals surface area contributed by atoms with Gasteiger partial charge in [-0.05, 0) is 60.4 Å². The number of carboxylic acids is 1.